The van der Waals surface area contributed by atoms with Crippen LogP contribution in [0.5, 0.6) is 0 Å². The molecule has 0 spiro atoms. The number of carboxylic acids is 1. The summed E-state index contributed by atoms with van der Waals surface area (Å²) in [6.45, 7) is 2.19. The second-order valence-electron chi connectivity index (χ2n) is 9.97. The van der Waals surface area contributed by atoms with E-state index in [2.05, 4.69) is 24.0 Å². The van der Waals surface area contributed by atoms with Crippen molar-refractivity contribution in [2.24, 2.45) is 5.92 Å². The van der Waals surface area contributed by atoms with Gasteiger partial charge in [-0.15, -0.1) is 0 Å². The minimum atomic E-state index is -1.15. The Hall–Kier alpha value is -2.79. The minimum absolute atomic E-state index is 0.0583. The molecule has 7 rings (SSSR count). The van der Waals surface area contributed by atoms with Crippen LogP contribution < -0.4 is 0 Å². The van der Waals surface area contributed by atoms with Crippen LogP contribution in [-0.2, 0) is 11.2 Å². The maximum absolute atomic E-state index is 15.6. The molecule has 0 amide bonds. The normalized spacial score (nSPS) is 30.7. The van der Waals surface area contributed by atoms with Crippen LogP contribution in [0.1, 0.15) is 60.9 Å². The van der Waals surface area contributed by atoms with Crippen LogP contribution in [0, 0.1) is 17.6 Å². The van der Waals surface area contributed by atoms with E-state index < -0.39 is 23.6 Å². The maximum atomic E-state index is 15.6. The van der Waals surface area contributed by atoms with Crippen LogP contribution >= 0.6 is 0 Å². The molecule has 1 heterocycles. The summed E-state index contributed by atoms with van der Waals surface area (Å²) in [4.78, 5) is 13.3. The van der Waals surface area contributed by atoms with Gasteiger partial charge in [0.15, 0.2) is 0 Å². The quantitative estimate of drug-likeness (QED) is 0.623. The molecule has 5 heteroatoms. The van der Waals surface area contributed by atoms with Crippen molar-refractivity contribution >= 4 is 17.6 Å². The summed E-state index contributed by atoms with van der Waals surface area (Å²) < 4.78 is 31.1. The Labute approximate surface area is 186 Å². The van der Waals surface area contributed by atoms with E-state index in [4.69, 9.17) is 5.11 Å². The minimum Gasteiger partial charge on any atom is -0.478 e. The van der Waals surface area contributed by atoms with E-state index in [1.165, 1.54) is 34.9 Å². The molecular weight excluding hydrogens is 408 g/mol. The fraction of sp³-hybridized carbons (Fsp3) is 0.370. The first kappa shape index (κ1) is 19.9. The molecule has 2 aromatic rings. The van der Waals surface area contributed by atoms with E-state index in [0.29, 0.717) is 0 Å². The number of halogens is 2. The topological polar surface area (TPSA) is 40.5 Å². The highest BCUT2D eigenvalue weighted by atomic mass is 19.1. The van der Waals surface area contributed by atoms with Crippen LogP contribution in [0.25, 0.3) is 11.6 Å². The van der Waals surface area contributed by atoms with E-state index in [-0.39, 0.29) is 22.7 Å². The predicted molar refractivity (Wildman–Crippen MR) is 119 cm³/mol. The lowest BCUT2D eigenvalue weighted by molar-refractivity contribution is -0.173. The second-order valence-corrected chi connectivity index (χ2v) is 9.97. The summed E-state index contributed by atoms with van der Waals surface area (Å²) in [5.41, 5.74) is 5.21. The smallest absolute Gasteiger partial charge is 0.328 e. The van der Waals surface area contributed by atoms with Crippen LogP contribution in [0.4, 0.5) is 8.78 Å². The van der Waals surface area contributed by atoms with Crippen LogP contribution in [-0.4, -0.2) is 27.6 Å². The molecule has 0 saturated heterocycles. The number of carbonyl (C=O) groups is 1. The molecule has 3 nitrogen and oxygen atoms in total. The summed E-state index contributed by atoms with van der Waals surface area (Å²) in [6.07, 6.45) is 7.11. The molecule has 0 radical (unpaired) electrons. The van der Waals surface area contributed by atoms with Crippen molar-refractivity contribution in [3.63, 3.8) is 0 Å². The molecule has 1 aliphatic heterocycles. The second kappa shape index (κ2) is 6.85. The van der Waals surface area contributed by atoms with Crippen molar-refractivity contribution in [2.45, 2.75) is 56.7 Å². The molecule has 32 heavy (non-hydrogen) atoms. The van der Waals surface area contributed by atoms with Crippen molar-refractivity contribution in [1.82, 2.24) is 4.90 Å². The number of benzene rings is 2. The molecule has 1 N–H and O–H groups in total. The van der Waals surface area contributed by atoms with Crippen LogP contribution in [0.15, 0.2) is 48.0 Å². The number of aliphatic carboxylic acids is 1. The van der Waals surface area contributed by atoms with E-state index in [1.807, 2.05) is 12.1 Å². The number of hydrogen-bond acceptors (Lipinski definition) is 2. The van der Waals surface area contributed by atoms with E-state index in [9.17, 15) is 4.79 Å². The number of carboxylic acid groups (broad SMARTS) is 1. The first-order chi connectivity index (χ1) is 15.4. The van der Waals surface area contributed by atoms with Crippen molar-refractivity contribution in [2.75, 3.05) is 0 Å². The summed E-state index contributed by atoms with van der Waals surface area (Å²) in [5.74, 6) is -1.59. The monoisotopic (exact) mass is 433 g/mol. The SMILES string of the molecule is C[C@H]1CC2=C(Cc3ccccc32)[C@H](c2c(F)cc(/C=C/C(=O)O)cc2F)N1C12CC(C1)C2. The predicted octanol–water partition coefficient (Wildman–Crippen LogP) is 5.76. The lowest BCUT2D eigenvalue weighted by atomic mass is 9.48. The largest absolute Gasteiger partial charge is 0.478 e. The van der Waals surface area contributed by atoms with Gasteiger partial charge >= 0.3 is 5.97 Å². The fourth-order valence-corrected chi connectivity index (χ4v) is 6.71. The standard InChI is InChI=1S/C27H25F2NO2/c1-15-8-20-19-5-3-2-4-18(19)11-21(20)26(30(15)27-12-17(13-27)14-27)25-22(28)9-16(10-23(25)29)6-7-24(31)32/h2-7,9-10,15,17,26H,8,11-14H2,1H3,(H,31,32)/b7-6+/t15-,17?,26+,27?/m0/s1. The highest BCUT2D eigenvalue weighted by Crippen LogP contribution is 2.65. The van der Waals surface area contributed by atoms with Gasteiger partial charge in [0.2, 0.25) is 0 Å². The van der Waals surface area contributed by atoms with E-state index in [0.717, 1.165) is 49.7 Å². The Morgan fingerprint density at radius 1 is 1.16 bits per heavy atom. The zero-order valence-electron chi connectivity index (χ0n) is 17.9. The van der Waals surface area contributed by atoms with Gasteiger partial charge in [-0.3, -0.25) is 4.90 Å². The zero-order chi connectivity index (χ0) is 22.2. The Morgan fingerprint density at radius 3 is 2.47 bits per heavy atom. The third kappa shape index (κ3) is 2.77. The summed E-state index contributed by atoms with van der Waals surface area (Å²) in [6, 6.07) is 10.6. The van der Waals surface area contributed by atoms with Gasteiger partial charge < -0.3 is 5.11 Å². The average Bonchev–Trinajstić information content (AvgIpc) is 3.04. The van der Waals surface area contributed by atoms with E-state index in [1.54, 1.807) is 0 Å². The summed E-state index contributed by atoms with van der Waals surface area (Å²) >= 11 is 0. The van der Waals surface area contributed by atoms with Gasteiger partial charge in [-0.05, 0) is 91.0 Å². The molecule has 2 bridgehead atoms. The van der Waals surface area contributed by atoms with E-state index >= 15 is 8.78 Å². The molecule has 5 aliphatic rings. The molecular formula is C27H25F2NO2. The first-order valence-electron chi connectivity index (χ1n) is 11.3. The van der Waals surface area contributed by atoms with Gasteiger partial charge in [0, 0.05) is 23.2 Å². The highest BCUT2D eigenvalue weighted by Gasteiger charge is 2.63. The van der Waals surface area contributed by atoms with Gasteiger partial charge in [0.1, 0.15) is 11.6 Å². The number of fused-ring (bicyclic) bond motifs is 2. The maximum Gasteiger partial charge on any atom is 0.328 e. The number of rotatable bonds is 4. The molecule has 0 unspecified atom stereocenters. The Balaban J connectivity index is 1.50. The first-order valence-corrected chi connectivity index (χ1v) is 11.3. The highest BCUT2D eigenvalue weighted by molar-refractivity contribution is 5.85. The lowest BCUT2D eigenvalue weighted by Crippen LogP contribution is -2.71. The van der Waals surface area contributed by atoms with Crippen molar-refractivity contribution in [3.8, 4) is 0 Å². The molecule has 2 atom stereocenters. The summed E-state index contributed by atoms with van der Waals surface area (Å²) in [5, 5.41) is 8.86. The molecule has 0 aromatic heterocycles. The number of nitrogens with zero attached hydrogens (tertiary/aromatic N) is 1. The molecule has 3 saturated carbocycles. The van der Waals surface area contributed by atoms with Crippen molar-refractivity contribution in [1.29, 1.82) is 0 Å². The van der Waals surface area contributed by atoms with Gasteiger partial charge in [-0.1, -0.05) is 24.3 Å². The van der Waals surface area contributed by atoms with Crippen molar-refractivity contribution < 1.29 is 18.7 Å². The van der Waals surface area contributed by atoms with Gasteiger partial charge in [0.05, 0.1) is 6.04 Å². The Morgan fingerprint density at radius 2 is 1.84 bits per heavy atom. The van der Waals surface area contributed by atoms with Gasteiger partial charge in [-0.2, -0.15) is 0 Å². The third-order valence-corrected chi connectivity index (χ3v) is 8.04. The molecule has 2 aromatic carbocycles. The molecule has 4 aliphatic carbocycles. The Kier molecular flexibility index (Phi) is 4.25. The lowest BCUT2D eigenvalue weighted by Gasteiger charge is -2.70. The van der Waals surface area contributed by atoms with Crippen LogP contribution in [0.2, 0.25) is 0 Å². The zero-order valence-corrected chi connectivity index (χ0v) is 17.9. The molecule has 164 valence electrons. The molecule has 3 fully saturated rings. The summed E-state index contributed by atoms with van der Waals surface area (Å²) in [7, 11) is 0. The fourth-order valence-electron chi connectivity index (χ4n) is 6.71. The van der Waals surface area contributed by atoms with Crippen molar-refractivity contribution in [3.05, 3.63) is 81.9 Å². The van der Waals surface area contributed by atoms with Gasteiger partial charge in [0.25, 0.3) is 0 Å². The van der Waals surface area contributed by atoms with Crippen LogP contribution in [0.3, 0.4) is 0 Å². The number of hydrogen-bond donors (Lipinski definition) is 1. The third-order valence-electron chi connectivity index (χ3n) is 8.04. The van der Waals surface area contributed by atoms with Gasteiger partial charge in [-0.25, -0.2) is 13.6 Å². The average molecular weight is 433 g/mol. The Bertz CT molecular complexity index is 1170.